The van der Waals surface area contributed by atoms with Crippen LogP contribution in [0.3, 0.4) is 0 Å². The van der Waals surface area contributed by atoms with Gasteiger partial charge in [0, 0.05) is 48.8 Å². The minimum absolute atomic E-state index is 0.0314. The molecule has 11 nitrogen and oxygen atoms in total. The van der Waals surface area contributed by atoms with Crippen molar-refractivity contribution < 1.29 is 27.5 Å². The van der Waals surface area contributed by atoms with Crippen LogP contribution in [0, 0.1) is 24.2 Å². The highest BCUT2D eigenvalue weighted by molar-refractivity contribution is 7.91. The molecule has 2 saturated heterocycles. The van der Waals surface area contributed by atoms with E-state index in [1.54, 1.807) is 35.4 Å². The highest BCUT2D eigenvalue weighted by Gasteiger charge is 2.47. The number of H-pyrrole nitrogens is 1. The number of carbonyl (C=O) groups excluding carboxylic acids is 2. The van der Waals surface area contributed by atoms with Crippen molar-refractivity contribution >= 4 is 32.7 Å². The van der Waals surface area contributed by atoms with E-state index >= 15 is 0 Å². The van der Waals surface area contributed by atoms with Crippen LogP contribution in [0.2, 0.25) is 0 Å². The zero-order chi connectivity index (χ0) is 31.5. The number of nitrogens with one attached hydrogen (secondary N) is 2. The topological polar surface area (TPSA) is 145 Å². The molecule has 0 bridgehead atoms. The first-order valence-electron chi connectivity index (χ1n) is 14.9. The highest BCUT2D eigenvalue weighted by Crippen LogP contribution is 2.40. The molecule has 2 N–H and O–H groups in total. The highest BCUT2D eigenvalue weighted by atomic mass is 32.2. The molecule has 5 rings (SSSR count). The quantitative estimate of drug-likeness (QED) is 0.366. The first kappa shape index (κ1) is 31.5. The minimum Gasteiger partial charge on any atom is -0.436 e. The summed E-state index contributed by atoms with van der Waals surface area (Å²) in [7, 11) is -3.96. The van der Waals surface area contributed by atoms with E-state index in [9.17, 15) is 23.3 Å². The molecule has 2 aromatic carbocycles. The lowest BCUT2D eigenvalue weighted by atomic mass is 9.98. The Morgan fingerprint density at radius 2 is 1.82 bits per heavy atom. The minimum atomic E-state index is -3.96. The fraction of sp³-hybridized carbons (Fsp3) is 0.469. The second kappa shape index (κ2) is 13.0. The summed E-state index contributed by atoms with van der Waals surface area (Å²) < 4.78 is 39.6. The number of hydrogen-bond donors (Lipinski definition) is 2. The number of fused-ring (bicyclic) bond motifs is 1. The van der Waals surface area contributed by atoms with E-state index in [-0.39, 0.29) is 36.7 Å². The Morgan fingerprint density at radius 3 is 2.50 bits per heavy atom. The summed E-state index contributed by atoms with van der Waals surface area (Å²) in [6, 6.07) is 16.4. The molecule has 12 heteroatoms. The molecule has 0 saturated carbocycles. The smallest absolute Gasteiger partial charge is 0.410 e. The van der Waals surface area contributed by atoms with E-state index in [0.29, 0.717) is 31.9 Å². The van der Waals surface area contributed by atoms with E-state index in [2.05, 4.69) is 16.4 Å². The Bertz CT molecular complexity index is 1640. The molecule has 234 valence electrons. The number of likely N-dealkylation sites (tertiary alicyclic amines) is 1. The Kier molecular flexibility index (Phi) is 9.29. The van der Waals surface area contributed by atoms with Gasteiger partial charge in [0.25, 0.3) is 5.91 Å². The second-order valence-electron chi connectivity index (χ2n) is 12.0. The number of rotatable bonds is 9. The van der Waals surface area contributed by atoms with Crippen molar-refractivity contribution in [3.8, 4) is 6.07 Å². The Balaban J connectivity index is 1.42. The molecule has 0 spiro atoms. The van der Waals surface area contributed by atoms with E-state index < -0.39 is 38.9 Å². The van der Waals surface area contributed by atoms with E-state index in [1.165, 1.54) is 4.90 Å². The first-order chi connectivity index (χ1) is 21.0. The van der Waals surface area contributed by atoms with Crippen molar-refractivity contribution in [1.29, 1.82) is 5.26 Å². The summed E-state index contributed by atoms with van der Waals surface area (Å²) in [6.45, 7) is 7.47. The molecule has 2 aliphatic heterocycles. The monoisotopic (exact) mass is 621 g/mol. The molecule has 0 aliphatic carbocycles. The predicted octanol–water partition coefficient (Wildman–Crippen LogP) is 3.92. The van der Waals surface area contributed by atoms with Gasteiger partial charge < -0.3 is 24.7 Å². The molecule has 44 heavy (non-hydrogen) atoms. The molecule has 3 heterocycles. The van der Waals surface area contributed by atoms with Crippen molar-refractivity contribution in [3.63, 3.8) is 0 Å². The van der Waals surface area contributed by atoms with Crippen LogP contribution >= 0.6 is 0 Å². The van der Waals surface area contributed by atoms with Gasteiger partial charge in [-0.05, 0) is 43.9 Å². The number of aryl methyl sites for hydroxylation is 1. The maximum absolute atomic E-state index is 14.3. The van der Waals surface area contributed by atoms with Gasteiger partial charge in [-0.1, -0.05) is 49.7 Å². The van der Waals surface area contributed by atoms with Crippen LogP contribution in [0.15, 0.2) is 59.6 Å². The Hall–Kier alpha value is -3.92. The number of benzene rings is 2. The zero-order valence-corrected chi connectivity index (χ0v) is 26.1. The van der Waals surface area contributed by atoms with Gasteiger partial charge in [-0.25, -0.2) is 13.2 Å². The average Bonchev–Trinajstić information content (AvgIpc) is 3.62. The van der Waals surface area contributed by atoms with Crippen LogP contribution in [0.4, 0.5) is 4.79 Å². The van der Waals surface area contributed by atoms with Crippen molar-refractivity contribution in [1.82, 2.24) is 20.1 Å². The predicted molar refractivity (Wildman–Crippen MR) is 164 cm³/mol. The van der Waals surface area contributed by atoms with Gasteiger partial charge in [0.05, 0.1) is 24.2 Å². The van der Waals surface area contributed by atoms with Crippen molar-refractivity contribution in [2.24, 2.45) is 5.92 Å². The number of amides is 2. The van der Waals surface area contributed by atoms with Crippen molar-refractivity contribution in [2.75, 3.05) is 39.4 Å². The van der Waals surface area contributed by atoms with Crippen LogP contribution in [0.25, 0.3) is 10.9 Å². The van der Waals surface area contributed by atoms with Crippen LogP contribution in [-0.2, 0) is 24.1 Å². The maximum atomic E-state index is 14.3. The lowest BCUT2D eigenvalue weighted by Crippen LogP contribution is -2.54. The van der Waals surface area contributed by atoms with Crippen molar-refractivity contribution in [2.45, 2.75) is 55.5 Å². The van der Waals surface area contributed by atoms with E-state index in [4.69, 9.17) is 9.47 Å². The zero-order valence-electron chi connectivity index (χ0n) is 25.3. The van der Waals surface area contributed by atoms with Gasteiger partial charge in [-0.2, -0.15) is 5.26 Å². The number of nitrogens with zero attached hydrogens (tertiary/aromatic N) is 3. The Morgan fingerprint density at radius 1 is 1.11 bits per heavy atom. The number of aromatic amines is 1. The Labute approximate surface area is 258 Å². The number of aromatic nitrogens is 1. The lowest BCUT2D eigenvalue weighted by Gasteiger charge is -2.31. The summed E-state index contributed by atoms with van der Waals surface area (Å²) in [5.74, 6) is -0.541. The van der Waals surface area contributed by atoms with Gasteiger partial charge in [0.1, 0.15) is 10.9 Å². The standard InChI is InChI=1S/C32H39N5O6S/c1-22(2)18-28(43-31(39)36-14-16-42-17-15-36)29(38)35-32(20-33)12-13-37(21-32)30(26-19-34-27-7-5-4-6-25(26)27)44(40,41)24-10-8-23(3)9-11-24/h4-11,19,22,28,30,34H,12-18,21H2,1-3H3,(H,35,38). The van der Waals surface area contributed by atoms with Gasteiger partial charge in [-0.3, -0.25) is 9.69 Å². The second-order valence-corrected chi connectivity index (χ2v) is 14.0. The van der Waals surface area contributed by atoms with Gasteiger partial charge in [0.15, 0.2) is 15.9 Å². The molecule has 3 aromatic rings. The number of morpholine rings is 1. The third-order valence-electron chi connectivity index (χ3n) is 8.23. The molecule has 3 unspecified atom stereocenters. The summed E-state index contributed by atoms with van der Waals surface area (Å²) in [4.78, 5) is 33.1. The molecule has 2 fully saturated rings. The summed E-state index contributed by atoms with van der Waals surface area (Å²) >= 11 is 0. The summed E-state index contributed by atoms with van der Waals surface area (Å²) in [5, 5.41) is 12.9. The fourth-order valence-electron chi connectivity index (χ4n) is 5.87. The number of carbonyl (C=O) groups is 2. The largest absolute Gasteiger partial charge is 0.436 e. The third-order valence-corrected chi connectivity index (χ3v) is 10.3. The van der Waals surface area contributed by atoms with Crippen LogP contribution in [0.5, 0.6) is 0 Å². The number of hydrogen-bond acceptors (Lipinski definition) is 8. The SMILES string of the molecule is Cc1ccc(S(=O)(=O)C(c2c[nH]c3ccccc23)N2CCC(C#N)(NC(=O)C(CC(C)C)OC(=O)N3CCOCC3)C2)cc1. The number of ether oxygens (including phenoxy) is 2. The van der Waals surface area contributed by atoms with Crippen LogP contribution < -0.4 is 5.32 Å². The van der Waals surface area contributed by atoms with E-state index in [1.807, 2.05) is 45.0 Å². The summed E-state index contributed by atoms with van der Waals surface area (Å²) in [6.07, 6.45) is 0.466. The van der Waals surface area contributed by atoms with Gasteiger partial charge >= 0.3 is 6.09 Å². The molecule has 2 aliphatic rings. The molecule has 1 aromatic heterocycles. The fourth-order valence-corrected chi connectivity index (χ4v) is 7.75. The average molecular weight is 622 g/mol. The molecule has 3 atom stereocenters. The van der Waals surface area contributed by atoms with Crippen molar-refractivity contribution in [3.05, 3.63) is 65.9 Å². The normalized spacial score (nSPS) is 20.8. The number of nitriles is 1. The molecule has 0 radical (unpaired) electrons. The van der Waals surface area contributed by atoms with E-state index in [0.717, 1.165) is 16.5 Å². The molecular formula is C32H39N5O6S. The third kappa shape index (κ3) is 6.60. The summed E-state index contributed by atoms with van der Waals surface area (Å²) in [5.41, 5.74) is 0.915. The van der Waals surface area contributed by atoms with Gasteiger partial charge in [0.2, 0.25) is 0 Å². The molecule has 2 amide bonds. The first-order valence-corrected chi connectivity index (χ1v) is 16.4. The van der Waals surface area contributed by atoms with Crippen LogP contribution in [-0.4, -0.2) is 86.2 Å². The van der Waals surface area contributed by atoms with Gasteiger partial charge in [-0.15, -0.1) is 0 Å². The maximum Gasteiger partial charge on any atom is 0.410 e. The number of para-hydroxylation sites is 1. The number of sulfone groups is 1. The molecular weight excluding hydrogens is 582 g/mol. The van der Waals surface area contributed by atoms with Crippen LogP contribution in [0.1, 0.15) is 43.2 Å². The lowest BCUT2D eigenvalue weighted by molar-refractivity contribution is -0.132.